The number of esters is 1. The number of rotatable bonds is 7. The fourth-order valence-electron chi connectivity index (χ4n) is 2.57. The topological polar surface area (TPSA) is 57.0 Å². The Kier molecular flexibility index (Phi) is 5.75. The summed E-state index contributed by atoms with van der Waals surface area (Å²) < 4.78 is 7.11. The van der Waals surface area contributed by atoms with E-state index in [1.807, 2.05) is 45.9 Å². The Labute approximate surface area is 170 Å². The summed E-state index contributed by atoms with van der Waals surface area (Å²) in [6.45, 7) is 0.854. The monoisotopic (exact) mass is 407 g/mol. The number of carbonyl (C=O) groups is 1. The van der Waals surface area contributed by atoms with Gasteiger partial charge in [-0.15, -0.1) is 11.3 Å². The minimum atomic E-state index is -0.402. The zero-order valence-corrected chi connectivity index (χ0v) is 16.5. The Hall–Kier alpha value is -3.03. The average Bonchev–Trinajstić information content (AvgIpc) is 3.47. The van der Waals surface area contributed by atoms with E-state index in [1.54, 1.807) is 34.9 Å². The van der Waals surface area contributed by atoms with E-state index in [2.05, 4.69) is 27.6 Å². The molecular formula is C21H17N3O2S2. The summed E-state index contributed by atoms with van der Waals surface area (Å²) in [4.78, 5) is 16.5. The van der Waals surface area contributed by atoms with Crippen LogP contribution in [0.1, 0.15) is 16.8 Å². The number of ether oxygens (including phenoxy) is 1. The Morgan fingerprint density at radius 2 is 2.07 bits per heavy atom. The number of hydrogen-bond acceptors (Lipinski definition) is 6. The number of thiazole rings is 1. The van der Waals surface area contributed by atoms with E-state index in [9.17, 15) is 4.79 Å². The molecule has 0 N–H and O–H groups in total. The van der Waals surface area contributed by atoms with Crippen molar-refractivity contribution in [1.29, 1.82) is 0 Å². The fourth-order valence-corrected chi connectivity index (χ4v) is 4.09. The lowest BCUT2D eigenvalue weighted by Crippen LogP contribution is -2.01. The molecule has 1 aromatic carbocycles. The largest absolute Gasteiger partial charge is 0.456 e. The van der Waals surface area contributed by atoms with Crippen molar-refractivity contribution in [1.82, 2.24) is 14.8 Å². The van der Waals surface area contributed by atoms with Gasteiger partial charge in [0.05, 0.1) is 18.4 Å². The molecule has 0 fully saturated rings. The lowest BCUT2D eigenvalue weighted by molar-refractivity contribution is -0.139. The van der Waals surface area contributed by atoms with Crippen molar-refractivity contribution in [3.05, 3.63) is 87.8 Å². The number of benzene rings is 1. The molecule has 4 rings (SSSR count). The minimum Gasteiger partial charge on any atom is -0.456 e. The molecule has 0 radical (unpaired) electrons. The number of nitrogens with zero attached hydrogens (tertiary/aromatic N) is 3. The molecule has 28 heavy (non-hydrogen) atoms. The first kappa shape index (κ1) is 18.3. The molecule has 0 saturated carbocycles. The van der Waals surface area contributed by atoms with Gasteiger partial charge in [-0.3, -0.25) is 4.68 Å². The van der Waals surface area contributed by atoms with Gasteiger partial charge in [0, 0.05) is 34.2 Å². The smallest absolute Gasteiger partial charge is 0.331 e. The van der Waals surface area contributed by atoms with E-state index in [4.69, 9.17) is 4.74 Å². The third kappa shape index (κ3) is 4.82. The van der Waals surface area contributed by atoms with E-state index in [1.165, 1.54) is 11.6 Å². The van der Waals surface area contributed by atoms with E-state index in [-0.39, 0.29) is 6.61 Å². The van der Waals surface area contributed by atoms with Gasteiger partial charge in [0.25, 0.3) is 0 Å². The van der Waals surface area contributed by atoms with Gasteiger partial charge in [0.15, 0.2) is 0 Å². The van der Waals surface area contributed by atoms with Crippen molar-refractivity contribution < 1.29 is 9.53 Å². The molecule has 5 nitrogen and oxygen atoms in total. The number of aromatic nitrogens is 3. The molecule has 7 heteroatoms. The molecule has 0 aliphatic rings. The summed E-state index contributed by atoms with van der Waals surface area (Å²) in [6.07, 6.45) is 6.73. The molecule has 140 valence electrons. The van der Waals surface area contributed by atoms with Gasteiger partial charge in [0.2, 0.25) is 0 Å². The van der Waals surface area contributed by atoms with Crippen LogP contribution in [0.15, 0.2) is 71.0 Å². The second-order valence-electron chi connectivity index (χ2n) is 6.05. The van der Waals surface area contributed by atoms with E-state index in [0.717, 1.165) is 21.8 Å². The van der Waals surface area contributed by atoms with Crippen LogP contribution in [-0.2, 0) is 22.7 Å². The van der Waals surface area contributed by atoms with Crippen LogP contribution in [0.2, 0.25) is 0 Å². The average molecular weight is 408 g/mol. The van der Waals surface area contributed by atoms with E-state index >= 15 is 0 Å². The molecule has 0 aliphatic carbocycles. The van der Waals surface area contributed by atoms with Gasteiger partial charge in [-0.1, -0.05) is 30.3 Å². The molecule has 0 aliphatic heterocycles. The van der Waals surface area contributed by atoms with Crippen LogP contribution >= 0.6 is 22.7 Å². The second-order valence-corrected chi connectivity index (χ2v) is 7.69. The van der Waals surface area contributed by atoms with Gasteiger partial charge in [-0.05, 0) is 23.1 Å². The molecular weight excluding hydrogens is 390 g/mol. The molecule has 0 atom stereocenters. The maximum absolute atomic E-state index is 12.0. The van der Waals surface area contributed by atoms with Crippen molar-refractivity contribution >= 4 is 34.7 Å². The SMILES string of the molecule is O=C(/C=C/c1cnn(Cc2ccccc2)c1)OCc1csc(-c2ccsc2)n1. The Bertz CT molecular complexity index is 1070. The molecule has 0 amide bonds. The number of thiophene rings is 1. The summed E-state index contributed by atoms with van der Waals surface area (Å²) >= 11 is 3.18. The van der Waals surface area contributed by atoms with Crippen LogP contribution < -0.4 is 0 Å². The Morgan fingerprint density at radius 1 is 1.18 bits per heavy atom. The lowest BCUT2D eigenvalue weighted by atomic mass is 10.2. The van der Waals surface area contributed by atoms with Crippen molar-refractivity contribution in [3.63, 3.8) is 0 Å². The summed E-state index contributed by atoms with van der Waals surface area (Å²) in [5.41, 5.74) is 3.87. The van der Waals surface area contributed by atoms with Crippen LogP contribution in [0.5, 0.6) is 0 Å². The zero-order chi connectivity index (χ0) is 19.2. The number of hydrogen-bond donors (Lipinski definition) is 0. The van der Waals surface area contributed by atoms with Crippen LogP contribution in [-0.4, -0.2) is 20.7 Å². The van der Waals surface area contributed by atoms with Crippen molar-refractivity contribution in [2.75, 3.05) is 0 Å². The predicted molar refractivity (Wildman–Crippen MR) is 112 cm³/mol. The quantitative estimate of drug-likeness (QED) is 0.324. The van der Waals surface area contributed by atoms with Gasteiger partial charge in [0.1, 0.15) is 11.6 Å². The molecule has 3 aromatic heterocycles. The van der Waals surface area contributed by atoms with Crippen LogP contribution in [0.3, 0.4) is 0 Å². The molecule has 0 saturated heterocycles. The highest BCUT2D eigenvalue weighted by atomic mass is 32.1. The van der Waals surface area contributed by atoms with E-state index in [0.29, 0.717) is 6.54 Å². The second kappa shape index (κ2) is 8.77. The van der Waals surface area contributed by atoms with Gasteiger partial charge in [-0.2, -0.15) is 16.4 Å². The third-order valence-corrected chi connectivity index (χ3v) is 5.56. The standard InChI is InChI=1S/C21H17N3O2S2/c25-20(26-13-19-15-28-21(23-19)18-8-9-27-14-18)7-6-17-10-22-24(12-17)11-16-4-2-1-3-5-16/h1-10,12,14-15H,11,13H2/b7-6+. The van der Waals surface area contributed by atoms with Gasteiger partial charge >= 0.3 is 5.97 Å². The number of carbonyl (C=O) groups excluding carboxylic acids is 1. The lowest BCUT2D eigenvalue weighted by Gasteiger charge is -2.00. The summed E-state index contributed by atoms with van der Waals surface area (Å²) in [7, 11) is 0. The third-order valence-electron chi connectivity index (χ3n) is 3.93. The fraction of sp³-hybridized carbons (Fsp3) is 0.0952. The highest BCUT2D eigenvalue weighted by Gasteiger charge is 2.07. The van der Waals surface area contributed by atoms with Crippen molar-refractivity contribution in [3.8, 4) is 10.6 Å². The highest BCUT2D eigenvalue weighted by Crippen LogP contribution is 2.25. The Morgan fingerprint density at radius 3 is 2.89 bits per heavy atom. The maximum atomic E-state index is 12.0. The van der Waals surface area contributed by atoms with Crippen molar-refractivity contribution in [2.45, 2.75) is 13.2 Å². The Balaban J connectivity index is 1.28. The highest BCUT2D eigenvalue weighted by molar-refractivity contribution is 7.14. The zero-order valence-electron chi connectivity index (χ0n) is 14.9. The molecule has 3 heterocycles. The first-order chi connectivity index (χ1) is 13.8. The molecule has 0 bridgehead atoms. The summed E-state index contributed by atoms with van der Waals surface area (Å²) in [5.74, 6) is -0.402. The van der Waals surface area contributed by atoms with Gasteiger partial charge < -0.3 is 4.74 Å². The first-order valence-corrected chi connectivity index (χ1v) is 10.5. The maximum Gasteiger partial charge on any atom is 0.331 e. The minimum absolute atomic E-state index is 0.164. The summed E-state index contributed by atoms with van der Waals surface area (Å²) in [5, 5.41) is 11.2. The summed E-state index contributed by atoms with van der Waals surface area (Å²) in [6, 6.07) is 12.1. The van der Waals surface area contributed by atoms with Crippen LogP contribution in [0.25, 0.3) is 16.6 Å². The van der Waals surface area contributed by atoms with Gasteiger partial charge in [-0.25, -0.2) is 9.78 Å². The molecule has 4 aromatic rings. The van der Waals surface area contributed by atoms with Crippen molar-refractivity contribution in [2.24, 2.45) is 0 Å². The molecule has 0 spiro atoms. The van der Waals surface area contributed by atoms with Crippen LogP contribution in [0.4, 0.5) is 0 Å². The van der Waals surface area contributed by atoms with E-state index < -0.39 is 5.97 Å². The van der Waals surface area contributed by atoms with Crippen LogP contribution in [0, 0.1) is 0 Å². The molecule has 0 unspecified atom stereocenters. The normalized spacial score (nSPS) is 11.1. The predicted octanol–water partition coefficient (Wildman–Crippen LogP) is 4.87. The first-order valence-electron chi connectivity index (χ1n) is 8.64.